The number of esters is 2. The highest BCUT2D eigenvalue weighted by atomic mass is 16.5. The summed E-state index contributed by atoms with van der Waals surface area (Å²) in [6.07, 6.45) is 13.7. The number of rotatable bonds is 12. The predicted octanol–water partition coefficient (Wildman–Crippen LogP) is 5.37. The lowest BCUT2D eigenvalue weighted by Crippen LogP contribution is -2.07. The number of methoxy groups -OCH3 is 1. The van der Waals surface area contributed by atoms with Gasteiger partial charge < -0.3 is 9.47 Å². The van der Waals surface area contributed by atoms with Gasteiger partial charge in [0.05, 0.1) is 13.7 Å². The van der Waals surface area contributed by atoms with E-state index in [2.05, 4.69) is 25.2 Å². The second kappa shape index (κ2) is 19.5. The molecule has 0 amide bonds. The smallest absolute Gasteiger partial charge is 0.333 e. The molecule has 4 heteroatoms. The summed E-state index contributed by atoms with van der Waals surface area (Å²) < 4.78 is 9.38. The SMILES string of the molecule is C=CC(=O)OC.CCCCC=C(C)C(=O)OCCCCCCCC. The largest absolute Gasteiger partial charge is 0.466 e. The zero-order valence-corrected chi connectivity index (χ0v) is 16.1. The number of carbonyl (C=O) groups is 2. The lowest BCUT2D eigenvalue weighted by Gasteiger charge is -2.05. The van der Waals surface area contributed by atoms with Crippen LogP contribution in [0.4, 0.5) is 0 Å². The van der Waals surface area contributed by atoms with Crippen LogP contribution in [0.15, 0.2) is 24.3 Å². The standard InChI is InChI=1S/C16H30O2.C4H6O2/c1-4-6-8-9-10-12-14-18-16(17)15(3)13-11-7-5-2;1-3-4(5)6-2/h13H,4-12,14H2,1-3H3;3H,1H2,2H3. The zero-order valence-electron chi connectivity index (χ0n) is 16.1. The zero-order chi connectivity index (χ0) is 18.6. The summed E-state index contributed by atoms with van der Waals surface area (Å²) in [6.45, 7) is 9.95. The molecule has 0 radical (unpaired) electrons. The van der Waals surface area contributed by atoms with E-state index < -0.39 is 5.97 Å². The number of carbonyl (C=O) groups excluding carboxylic acids is 2. The Kier molecular flexibility index (Phi) is 20.0. The molecular formula is C20H36O4. The number of allylic oxidation sites excluding steroid dienone is 1. The van der Waals surface area contributed by atoms with E-state index in [1.165, 1.54) is 39.2 Å². The normalized spacial score (nSPS) is 10.4. The molecule has 0 rings (SSSR count). The predicted molar refractivity (Wildman–Crippen MR) is 99.8 cm³/mol. The van der Waals surface area contributed by atoms with Crippen LogP contribution in [0.3, 0.4) is 0 Å². The third kappa shape index (κ3) is 18.5. The van der Waals surface area contributed by atoms with E-state index in [0.29, 0.717) is 6.61 Å². The van der Waals surface area contributed by atoms with E-state index in [9.17, 15) is 9.59 Å². The summed E-state index contributed by atoms with van der Waals surface area (Å²) in [6, 6.07) is 0. The van der Waals surface area contributed by atoms with Crippen LogP contribution in [0.2, 0.25) is 0 Å². The summed E-state index contributed by atoms with van der Waals surface area (Å²) in [5.41, 5.74) is 0.759. The quantitative estimate of drug-likeness (QED) is 0.272. The Morgan fingerprint density at radius 2 is 1.54 bits per heavy atom. The first kappa shape index (κ1) is 24.7. The van der Waals surface area contributed by atoms with E-state index in [4.69, 9.17) is 4.74 Å². The second-order valence-corrected chi connectivity index (χ2v) is 5.66. The number of ether oxygens (including phenoxy) is 2. The van der Waals surface area contributed by atoms with Crippen molar-refractivity contribution in [2.75, 3.05) is 13.7 Å². The minimum Gasteiger partial charge on any atom is -0.466 e. The van der Waals surface area contributed by atoms with Crippen molar-refractivity contribution in [3.8, 4) is 0 Å². The Labute approximate surface area is 148 Å². The molecule has 4 nitrogen and oxygen atoms in total. The van der Waals surface area contributed by atoms with Crippen molar-refractivity contribution in [2.24, 2.45) is 0 Å². The highest BCUT2D eigenvalue weighted by molar-refractivity contribution is 5.87. The highest BCUT2D eigenvalue weighted by Gasteiger charge is 2.04. The molecule has 140 valence electrons. The number of hydrogen-bond acceptors (Lipinski definition) is 4. The Morgan fingerprint density at radius 3 is 2.04 bits per heavy atom. The monoisotopic (exact) mass is 340 g/mol. The van der Waals surface area contributed by atoms with Gasteiger partial charge in [-0.2, -0.15) is 0 Å². The number of unbranched alkanes of at least 4 members (excludes halogenated alkanes) is 7. The van der Waals surface area contributed by atoms with Crippen LogP contribution in [0.5, 0.6) is 0 Å². The van der Waals surface area contributed by atoms with Crippen molar-refractivity contribution in [1.82, 2.24) is 0 Å². The molecule has 0 heterocycles. The van der Waals surface area contributed by atoms with Crippen molar-refractivity contribution < 1.29 is 19.1 Å². The molecule has 0 aromatic carbocycles. The molecule has 0 aliphatic rings. The summed E-state index contributed by atoms with van der Waals surface area (Å²) in [5.74, 6) is -0.533. The fourth-order valence-electron chi connectivity index (χ4n) is 1.85. The van der Waals surface area contributed by atoms with Crippen LogP contribution < -0.4 is 0 Å². The average Bonchev–Trinajstić information content (AvgIpc) is 2.60. The average molecular weight is 341 g/mol. The van der Waals surface area contributed by atoms with Gasteiger partial charge in [0.15, 0.2) is 0 Å². The third-order valence-corrected chi connectivity index (χ3v) is 3.43. The van der Waals surface area contributed by atoms with Crippen molar-refractivity contribution >= 4 is 11.9 Å². The van der Waals surface area contributed by atoms with E-state index in [-0.39, 0.29) is 5.97 Å². The maximum Gasteiger partial charge on any atom is 0.333 e. The molecule has 0 aliphatic carbocycles. The Hall–Kier alpha value is -1.58. The molecular weight excluding hydrogens is 304 g/mol. The van der Waals surface area contributed by atoms with Crippen LogP contribution in [-0.2, 0) is 19.1 Å². The fraction of sp³-hybridized carbons (Fsp3) is 0.700. The maximum atomic E-state index is 11.6. The van der Waals surface area contributed by atoms with Gasteiger partial charge in [-0.1, -0.05) is 71.4 Å². The molecule has 0 aromatic rings. The highest BCUT2D eigenvalue weighted by Crippen LogP contribution is 2.07. The Morgan fingerprint density at radius 1 is 0.958 bits per heavy atom. The van der Waals surface area contributed by atoms with Gasteiger partial charge in [0.1, 0.15) is 0 Å². The summed E-state index contributed by atoms with van der Waals surface area (Å²) in [5, 5.41) is 0. The maximum absolute atomic E-state index is 11.6. The van der Waals surface area contributed by atoms with Crippen molar-refractivity contribution in [2.45, 2.75) is 78.6 Å². The lowest BCUT2D eigenvalue weighted by atomic mass is 10.1. The molecule has 0 bridgehead atoms. The van der Waals surface area contributed by atoms with Crippen LogP contribution in [0.1, 0.15) is 78.6 Å². The van der Waals surface area contributed by atoms with E-state index in [1.807, 2.05) is 13.0 Å². The van der Waals surface area contributed by atoms with Crippen LogP contribution in [0, 0.1) is 0 Å². The van der Waals surface area contributed by atoms with Crippen LogP contribution >= 0.6 is 0 Å². The topological polar surface area (TPSA) is 52.6 Å². The molecule has 0 unspecified atom stereocenters. The molecule has 0 atom stereocenters. The number of hydrogen-bond donors (Lipinski definition) is 0. The molecule has 0 N–H and O–H groups in total. The first-order valence-electron chi connectivity index (χ1n) is 9.07. The van der Waals surface area contributed by atoms with Gasteiger partial charge in [-0.3, -0.25) is 0 Å². The first-order chi connectivity index (χ1) is 11.5. The van der Waals surface area contributed by atoms with Gasteiger partial charge in [0.25, 0.3) is 0 Å². The van der Waals surface area contributed by atoms with Gasteiger partial charge in [0.2, 0.25) is 0 Å². The first-order valence-corrected chi connectivity index (χ1v) is 9.07. The minimum absolute atomic E-state index is 0.139. The van der Waals surface area contributed by atoms with E-state index in [1.54, 1.807) is 0 Å². The molecule has 0 saturated heterocycles. The van der Waals surface area contributed by atoms with Crippen molar-refractivity contribution in [1.29, 1.82) is 0 Å². The van der Waals surface area contributed by atoms with E-state index in [0.717, 1.165) is 37.3 Å². The summed E-state index contributed by atoms with van der Waals surface area (Å²) >= 11 is 0. The minimum atomic E-state index is -0.394. The van der Waals surface area contributed by atoms with Crippen molar-refractivity contribution in [3.63, 3.8) is 0 Å². The third-order valence-electron chi connectivity index (χ3n) is 3.43. The molecule has 0 saturated carbocycles. The van der Waals surface area contributed by atoms with Crippen LogP contribution in [-0.4, -0.2) is 25.7 Å². The van der Waals surface area contributed by atoms with E-state index >= 15 is 0 Å². The summed E-state index contributed by atoms with van der Waals surface area (Å²) in [4.78, 5) is 21.4. The van der Waals surface area contributed by atoms with Crippen molar-refractivity contribution in [3.05, 3.63) is 24.3 Å². The van der Waals surface area contributed by atoms with Gasteiger partial charge in [-0.15, -0.1) is 0 Å². The lowest BCUT2D eigenvalue weighted by molar-refractivity contribution is -0.139. The molecule has 0 aliphatic heterocycles. The second-order valence-electron chi connectivity index (χ2n) is 5.66. The van der Waals surface area contributed by atoms with Gasteiger partial charge in [-0.25, -0.2) is 9.59 Å². The Bertz CT molecular complexity index is 359. The van der Waals surface area contributed by atoms with Gasteiger partial charge >= 0.3 is 11.9 Å². The molecule has 0 spiro atoms. The molecule has 24 heavy (non-hydrogen) atoms. The molecule has 0 fully saturated rings. The van der Waals surface area contributed by atoms with Crippen LogP contribution in [0.25, 0.3) is 0 Å². The summed E-state index contributed by atoms with van der Waals surface area (Å²) in [7, 11) is 1.31. The van der Waals surface area contributed by atoms with Gasteiger partial charge in [-0.05, 0) is 19.8 Å². The Balaban J connectivity index is 0. The van der Waals surface area contributed by atoms with Gasteiger partial charge in [0, 0.05) is 11.6 Å². The molecule has 0 aromatic heterocycles. The fourth-order valence-corrected chi connectivity index (χ4v) is 1.85.